The molecule has 1 nitrogen and oxygen atoms in total. The molecule has 0 fully saturated rings. The predicted molar refractivity (Wildman–Crippen MR) is 74.6 cm³/mol. The van der Waals surface area contributed by atoms with Crippen LogP contribution in [0.1, 0.15) is 45.1 Å². The van der Waals surface area contributed by atoms with Gasteiger partial charge >= 0.3 is 0 Å². The van der Waals surface area contributed by atoms with E-state index < -0.39 is 0 Å². The van der Waals surface area contributed by atoms with Gasteiger partial charge in [0.05, 0.1) is 0 Å². The molecule has 0 aliphatic rings. The molecule has 0 radical (unpaired) electrons. The molecule has 1 aromatic carbocycles. The largest absolute Gasteiger partial charge is 0.330 e. The molecule has 0 aliphatic heterocycles. The second-order valence-electron chi connectivity index (χ2n) is 5.59. The molecule has 0 amide bonds. The molecule has 1 rings (SSSR count). The van der Waals surface area contributed by atoms with E-state index in [-0.39, 0.29) is 0 Å². The Bertz CT molecular complexity index is 311. The van der Waals surface area contributed by atoms with Crippen LogP contribution in [0.4, 0.5) is 0 Å². The Labute approximate surface area is 108 Å². The first kappa shape index (κ1) is 13.7. The molecule has 16 heavy (non-hydrogen) atoms. The van der Waals surface area contributed by atoms with Gasteiger partial charge in [0, 0.05) is 4.47 Å². The lowest BCUT2D eigenvalue weighted by molar-refractivity contribution is 0.332. The summed E-state index contributed by atoms with van der Waals surface area (Å²) in [6.45, 7) is 7.62. The van der Waals surface area contributed by atoms with E-state index in [9.17, 15) is 0 Å². The second-order valence-corrected chi connectivity index (χ2v) is 6.51. The maximum absolute atomic E-state index is 5.71. The molecule has 0 aliphatic carbocycles. The number of rotatable bonds is 4. The minimum atomic E-state index is 0.354. The van der Waals surface area contributed by atoms with E-state index >= 15 is 0 Å². The van der Waals surface area contributed by atoms with Crippen molar-refractivity contribution in [2.75, 3.05) is 6.54 Å². The Morgan fingerprint density at radius 2 is 1.75 bits per heavy atom. The summed E-state index contributed by atoms with van der Waals surface area (Å²) in [6.07, 6.45) is 2.25. The van der Waals surface area contributed by atoms with Crippen molar-refractivity contribution < 1.29 is 0 Å². The molecule has 1 unspecified atom stereocenters. The molecule has 2 heteroatoms. The van der Waals surface area contributed by atoms with Crippen LogP contribution in [-0.2, 0) is 0 Å². The summed E-state index contributed by atoms with van der Waals surface area (Å²) in [5.74, 6) is 0.582. The number of hydrogen-bond donors (Lipinski definition) is 1. The van der Waals surface area contributed by atoms with Gasteiger partial charge in [-0.2, -0.15) is 0 Å². The number of halogens is 1. The van der Waals surface area contributed by atoms with Crippen LogP contribution in [0.2, 0.25) is 0 Å². The lowest BCUT2D eigenvalue weighted by atomic mass is 9.80. The van der Waals surface area contributed by atoms with E-state index in [4.69, 9.17) is 5.73 Å². The molecule has 90 valence electrons. The van der Waals surface area contributed by atoms with E-state index in [0.29, 0.717) is 11.3 Å². The number of benzene rings is 1. The average Bonchev–Trinajstić information content (AvgIpc) is 2.16. The standard InChI is InChI=1S/C14H22BrN/c1-14(2,3)10-12(8-9-16)11-4-6-13(15)7-5-11/h4-7,12H,8-10,16H2,1-3H3. The van der Waals surface area contributed by atoms with Crippen molar-refractivity contribution in [2.45, 2.75) is 39.5 Å². The molecular weight excluding hydrogens is 262 g/mol. The first-order chi connectivity index (χ1) is 7.42. The van der Waals surface area contributed by atoms with Crippen LogP contribution in [0.25, 0.3) is 0 Å². The van der Waals surface area contributed by atoms with Crippen LogP contribution in [0.5, 0.6) is 0 Å². The second kappa shape index (κ2) is 5.83. The van der Waals surface area contributed by atoms with Crippen molar-refractivity contribution in [3.8, 4) is 0 Å². The highest BCUT2D eigenvalue weighted by molar-refractivity contribution is 9.10. The van der Waals surface area contributed by atoms with Crippen LogP contribution in [-0.4, -0.2) is 6.54 Å². The van der Waals surface area contributed by atoms with Crippen LogP contribution in [0.15, 0.2) is 28.7 Å². The molecule has 1 aromatic rings. The topological polar surface area (TPSA) is 26.0 Å². The maximum Gasteiger partial charge on any atom is 0.0175 e. The Morgan fingerprint density at radius 3 is 2.19 bits per heavy atom. The summed E-state index contributed by atoms with van der Waals surface area (Å²) < 4.78 is 1.14. The summed E-state index contributed by atoms with van der Waals surface area (Å²) >= 11 is 3.47. The highest BCUT2D eigenvalue weighted by atomic mass is 79.9. The summed E-state index contributed by atoms with van der Waals surface area (Å²) in [5, 5.41) is 0. The van der Waals surface area contributed by atoms with Gasteiger partial charge in [0.25, 0.3) is 0 Å². The van der Waals surface area contributed by atoms with Gasteiger partial charge in [-0.15, -0.1) is 0 Å². The van der Waals surface area contributed by atoms with Gasteiger partial charge in [-0.1, -0.05) is 48.8 Å². The monoisotopic (exact) mass is 283 g/mol. The normalized spacial score (nSPS) is 13.8. The molecule has 0 saturated heterocycles. The Morgan fingerprint density at radius 1 is 1.19 bits per heavy atom. The maximum atomic E-state index is 5.71. The average molecular weight is 284 g/mol. The fourth-order valence-electron chi connectivity index (χ4n) is 2.06. The van der Waals surface area contributed by atoms with E-state index in [2.05, 4.69) is 61.0 Å². The quantitative estimate of drug-likeness (QED) is 0.875. The van der Waals surface area contributed by atoms with Gasteiger partial charge < -0.3 is 5.73 Å². The smallest absolute Gasteiger partial charge is 0.0175 e. The van der Waals surface area contributed by atoms with Crippen LogP contribution in [0.3, 0.4) is 0 Å². The van der Waals surface area contributed by atoms with E-state index in [1.54, 1.807) is 0 Å². The van der Waals surface area contributed by atoms with Crippen molar-refractivity contribution in [2.24, 2.45) is 11.1 Å². The summed E-state index contributed by atoms with van der Waals surface area (Å²) in [6, 6.07) is 8.63. The Kier molecular flexibility index (Phi) is 5.00. The van der Waals surface area contributed by atoms with Crippen molar-refractivity contribution in [3.63, 3.8) is 0 Å². The zero-order valence-electron chi connectivity index (χ0n) is 10.5. The molecule has 0 spiro atoms. The third kappa shape index (κ3) is 4.67. The zero-order valence-corrected chi connectivity index (χ0v) is 12.0. The highest BCUT2D eigenvalue weighted by Crippen LogP contribution is 2.33. The third-order valence-corrected chi connectivity index (χ3v) is 3.24. The summed E-state index contributed by atoms with van der Waals surface area (Å²) in [5.41, 5.74) is 7.47. The van der Waals surface area contributed by atoms with E-state index in [1.165, 1.54) is 12.0 Å². The van der Waals surface area contributed by atoms with Crippen LogP contribution in [0, 0.1) is 5.41 Å². The fraction of sp³-hybridized carbons (Fsp3) is 0.571. The minimum absolute atomic E-state index is 0.354. The first-order valence-electron chi connectivity index (χ1n) is 5.88. The highest BCUT2D eigenvalue weighted by Gasteiger charge is 2.19. The van der Waals surface area contributed by atoms with Crippen molar-refractivity contribution >= 4 is 15.9 Å². The van der Waals surface area contributed by atoms with Crippen molar-refractivity contribution in [3.05, 3.63) is 34.3 Å². The molecule has 2 N–H and O–H groups in total. The van der Waals surface area contributed by atoms with E-state index in [0.717, 1.165) is 17.4 Å². The first-order valence-corrected chi connectivity index (χ1v) is 6.67. The fourth-order valence-corrected chi connectivity index (χ4v) is 2.33. The third-order valence-electron chi connectivity index (χ3n) is 2.72. The van der Waals surface area contributed by atoms with Crippen LogP contribution < -0.4 is 5.73 Å². The zero-order chi connectivity index (χ0) is 12.2. The van der Waals surface area contributed by atoms with Crippen molar-refractivity contribution in [1.82, 2.24) is 0 Å². The minimum Gasteiger partial charge on any atom is -0.330 e. The van der Waals surface area contributed by atoms with Gasteiger partial charge in [-0.05, 0) is 48.4 Å². The van der Waals surface area contributed by atoms with Gasteiger partial charge in [0.15, 0.2) is 0 Å². The Hall–Kier alpha value is -0.340. The summed E-state index contributed by atoms with van der Waals surface area (Å²) in [7, 11) is 0. The van der Waals surface area contributed by atoms with E-state index in [1.807, 2.05) is 0 Å². The SMILES string of the molecule is CC(C)(C)CC(CCN)c1ccc(Br)cc1. The number of nitrogens with two attached hydrogens (primary N) is 1. The predicted octanol–water partition coefficient (Wildman–Crippen LogP) is 4.32. The summed E-state index contributed by atoms with van der Waals surface area (Å²) in [4.78, 5) is 0. The van der Waals surface area contributed by atoms with Crippen molar-refractivity contribution in [1.29, 1.82) is 0 Å². The van der Waals surface area contributed by atoms with Gasteiger partial charge in [-0.3, -0.25) is 0 Å². The molecule has 0 aromatic heterocycles. The lowest BCUT2D eigenvalue weighted by Crippen LogP contribution is -2.15. The van der Waals surface area contributed by atoms with Gasteiger partial charge in [0.1, 0.15) is 0 Å². The molecule has 0 heterocycles. The van der Waals surface area contributed by atoms with Gasteiger partial charge in [-0.25, -0.2) is 0 Å². The lowest BCUT2D eigenvalue weighted by Gasteiger charge is -2.26. The number of hydrogen-bond acceptors (Lipinski definition) is 1. The molecular formula is C14H22BrN. The Balaban J connectivity index is 2.80. The molecule has 0 bridgehead atoms. The van der Waals surface area contributed by atoms with Gasteiger partial charge in [0.2, 0.25) is 0 Å². The molecule has 0 saturated carbocycles. The van der Waals surface area contributed by atoms with Crippen LogP contribution >= 0.6 is 15.9 Å². The molecule has 1 atom stereocenters.